The summed E-state index contributed by atoms with van der Waals surface area (Å²) >= 11 is 1.27. The lowest BCUT2D eigenvalue weighted by Gasteiger charge is -2.56. The van der Waals surface area contributed by atoms with E-state index in [9.17, 15) is 13.6 Å². The zero-order valence-electron chi connectivity index (χ0n) is 13.7. The number of aryl methyl sites for hydroxylation is 1. The van der Waals surface area contributed by atoms with Crippen molar-refractivity contribution in [1.82, 2.24) is 15.3 Å². The van der Waals surface area contributed by atoms with E-state index in [-0.39, 0.29) is 17.6 Å². The first-order valence-electron chi connectivity index (χ1n) is 8.34. The molecule has 1 amide bonds. The van der Waals surface area contributed by atoms with Crippen LogP contribution in [0.25, 0.3) is 0 Å². The lowest BCUT2D eigenvalue weighted by Crippen LogP contribution is -2.58. The van der Waals surface area contributed by atoms with Gasteiger partial charge in [0, 0.05) is 28.7 Å². The van der Waals surface area contributed by atoms with E-state index in [2.05, 4.69) is 20.6 Å². The van der Waals surface area contributed by atoms with Gasteiger partial charge < -0.3 is 10.6 Å². The molecule has 0 radical (unpaired) electrons. The lowest BCUT2D eigenvalue weighted by atomic mass is 9.53. The lowest BCUT2D eigenvalue weighted by molar-refractivity contribution is -0.0147. The zero-order valence-corrected chi connectivity index (χ0v) is 14.6. The maximum atomic E-state index is 13.2. The van der Waals surface area contributed by atoms with Crippen LogP contribution in [0.15, 0.2) is 12.1 Å². The molecule has 1 atom stereocenters. The Kier molecular flexibility index (Phi) is 3.94. The number of amides is 1. The summed E-state index contributed by atoms with van der Waals surface area (Å²) in [7, 11) is 0. The molecule has 5 nitrogen and oxygen atoms in total. The van der Waals surface area contributed by atoms with Crippen molar-refractivity contribution in [3.63, 3.8) is 0 Å². The highest BCUT2D eigenvalue weighted by Crippen LogP contribution is 2.55. The van der Waals surface area contributed by atoms with Crippen molar-refractivity contribution in [2.24, 2.45) is 5.41 Å². The van der Waals surface area contributed by atoms with E-state index in [1.54, 1.807) is 0 Å². The molecule has 2 aromatic heterocycles. The molecule has 0 aromatic carbocycles. The average molecular weight is 364 g/mol. The van der Waals surface area contributed by atoms with Gasteiger partial charge in [-0.05, 0) is 38.0 Å². The number of nitrogens with one attached hydrogen (secondary N) is 2. The third kappa shape index (κ3) is 2.99. The fraction of sp³-hybridized carbons (Fsp3) is 0.471. The molecule has 1 spiro atoms. The number of carbonyl (C=O) groups is 1. The van der Waals surface area contributed by atoms with E-state index in [1.807, 2.05) is 6.92 Å². The van der Waals surface area contributed by atoms with Crippen LogP contribution < -0.4 is 10.6 Å². The number of hydrogen-bond acceptors (Lipinski definition) is 5. The molecule has 4 rings (SSSR count). The van der Waals surface area contributed by atoms with Crippen molar-refractivity contribution in [2.75, 3.05) is 5.32 Å². The van der Waals surface area contributed by atoms with Crippen LogP contribution in [0.2, 0.25) is 0 Å². The molecule has 2 aromatic rings. The summed E-state index contributed by atoms with van der Waals surface area (Å²) < 4.78 is 26.3. The molecule has 0 unspecified atom stereocenters. The number of carbonyl (C=O) groups excluding carboxylic acids is 1. The molecule has 2 aliphatic rings. The van der Waals surface area contributed by atoms with Crippen LogP contribution in [-0.4, -0.2) is 21.9 Å². The molecular weight excluding hydrogens is 346 g/mol. The monoisotopic (exact) mass is 364 g/mol. The van der Waals surface area contributed by atoms with Gasteiger partial charge in [-0.3, -0.25) is 4.79 Å². The topological polar surface area (TPSA) is 66.9 Å². The highest BCUT2D eigenvalue weighted by molar-refractivity contribution is 7.15. The molecule has 2 saturated carbocycles. The van der Waals surface area contributed by atoms with Crippen LogP contribution >= 0.6 is 11.3 Å². The van der Waals surface area contributed by atoms with E-state index in [1.165, 1.54) is 37.0 Å². The van der Waals surface area contributed by atoms with Crippen LogP contribution in [0, 0.1) is 24.2 Å². The summed E-state index contributed by atoms with van der Waals surface area (Å²) in [6.45, 7) is 1.81. The van der Waals surface area contributed by atoms with Crippen molar-refractivity contribution in [2.45, 2.75) is 45.1 Å². The van der Waals surface area contributed by atoms with Crippen molar-refractivity contribution in [3.05, 3.63) is 34.6 Å². The fourth-order valence-electron chi connectivity index (χ4n) is 3.70. The van der Waals surface area contributed by atoms with Gasteiger partial charge in [0.05, 0.1) is 0 Å². The Labute approximate surface area is 147 Å². The molecular formula is C17H18F2N4OS. The van der Waals surface area contributed by atoms with E-state index in [0.29, 0.717) is 16.2 Å². The maximum absolute atomic E-state index is 13.2. The summed E-state index contributed by atoms with van der Waals surface area (Å²) in [4.78, 5) is 20.7. The molecule has 132 valence electrons. The predicted octanol–water partition coefficient (Wildman–Crippen LogP) is 3.93. The molecule has 2 aliphatic carbocycles. The average Bonchev–Trinajstić information content (AvgIpc) is 2.81. The highest BCUT2D eigenvalue weighted by atomic mass is 32.1. The molecule has 2 N–H and O–H groups in total. The first-order chi connectivity index (χ1) is 11.9. The summed E-state index contributed by atoms with van der Waals surface area (Å²) in [6, 6.07) is 2.40. The van der Waals surface area contributed by atoms with E-state index < -0.39 is 11.9 Å². The second kappa shape index (κ2) is 6.01. The largest absolute Gasteiger partial charge is 0.347 e. The number of pyridine rings is 1. The van der Waals surface area contributed by atoms with Crippen LogP contribution in [0.3, 0.4) is 0 Å². The SMILES string of the molecule is Cc1sc(Nc2cc(F)nc(F)c2)nc1C(=O)N[C@H]1CCC12CCC2. The van der Waals surface area contributed by atoms with Crippen LogP contribution in [0.5, 0.6) is 0 Å². The molecule has 0 bridgehead atoms. The summed E-state index contributed by atoms with van der Waals surface area (Å²) in [6.07, 6.45) is 5.85. The Morgan fingerprint density at radius 1 is 1.24 bits per heavy atom. The van der Waals surface area contributed by atoms with E-state index >= 15 is 0 Å². The van der Waals surface area contributed by atoms with Crippen molar-refractivity contribution >= 4 is 28.1 Å². The van der Waals surface area contributed by atoms with Gasteiger partial charge in [-0.15, -0.1) is 11.3 Å². The Hall–Kier alpha value is -2.09. The number of nitrogens with zero attached hydrogens (tertiary/aromatic N) is 2. The van der Waals surface area contributed by atoms with Crippen LogP contribution in [-0.2, 0) is 0 Å². The number of anilines is 2. The van der Waals surface area contributed by atoms with Gasteiger partial charge in [-0.25, -0.2) is 4.98 Å². The summed E-state index contributed by atoms with van der Waals surface area (Å²) in [5.74, 6) is -2.00. The van der Waals surface area contributed by atoms with Crippen LogP contribution in [0.4, 0.5) is 19.6 Å². The van der Waals surface area contributed by atoms with E-state index in [0.717, 1.165) is 23.4 Å². The first kappa shape index (κ1) is 16.4. The minimum Gasteiger partial charge on any atom is -0.347 e. The Bertz CT molecular complexity index is 808. The van der Waals surface area contributed by atoms with Gasteiger partial charge in [-0.2, -0.15) is 13.8 Å². The number of hydrogen-bond donors (Lipinski definition) is 2. The molecule has 0 saturated heterocycles. The van der Waals surface area contributed by atoms with Gasteiger partial charge in [-0.1, -0.05) is 6.42 Å². The quantitative estimate of drug-likeness (QED) is 0.807. The molecule has 2 heterocycles. The van der Waals surface area contributed by atoms with Gasteiger partial charge in [0.15, 0.2) is 5.13 Å². The second-order valence-electron chi connectivity index (χ2n) is 6.83. The third-order valence-electron chi connectivity index (χ3n) is 5.35. The van der Waals surface area contributed by atoms with Crippen LogP contribution in [0.1, 0.15) is 47.5 Å². The van der Waals surface area contributed by atoms with Gasteiger partial charge >= 0.3 is 0 Å². The Morgan fingerprint density at radius 3 is 2.52 bits per heavy atom. The smallest absolute Gasteiger partial charge is 0.271 e. The minimum atomic E-state index is -0.912. The Morgan fingerprint density at radius 2 is 1.96 bits per heavy atom. The Balaban J connectivity index is 1.47. The van der Waals surface area contributed by atoms with Gasteiger partial charge in [0.1, 0.15) is 5.69 Å². The molecule has 0 aliphatic heterocycles. The summed E-state index contributed by atoms with van der Waals surface area (Å²) in [5.41, 5.74) is 0.897. The molecule has 2 fully saturated rings. The number of halogens is 2. The van der Waals surface area contributed by atoms with E-state index in [4.69, 9.17) is 0 Å². The molecule has 25 heavy (non-hydrogen) atoms. The third-order valence-corrected chi connectivity index (χ3v) is 6.24. The van der Waals surface area contributed by atoms with Crippen molar-refractivity contribution in [1.29, 1.82) is 0 Å². The second-order valence-corrected chi connectivity index (χ2v) is 8.03. The first-order valence-corrected chi connectivity index (χ1v) is 9.15. The fourth-order valence-corrected chi connectivity index (χ4v) is 4.53. The number of thiazole rings is 1. The zero-order chi connectivity index (χ0) is 17.6. The van der Waals surface area contributed by atoms with Crippen molar-refractivity contribution < 1.29 is 13.6 Å². The normalized spacial score (nSPS) is 20.7. The maximum Gasteiger partial charge on any atom is 0.271 e. The minimum absolute atomic E-state index is 0.176. The number of rotatable bonds is 4. The number of aromatic nitrogens is 2. The van der Waals surface area contributed by atoms with Crippen molar-refractivity contribution in [3.8, 4) is 0 Å². The van der Waals surface area contributed by atoms with Gasteiger partial charge in [0.25, 0.3) is 5.91 Å². The summed E-state index contributed by atoms with van der Waals surface area (Å²) in [5, 5.41) is 6.35. The standard InChI is InChI=1S/C17H18F2N4OS/c1-9-14(15(24)21-11-3-6-17(11)4-2-5-17)23-16(25-9)20-10-7-12(18)22-13(19)8-10/h7-8,11H,2-6H2,1H3,(H,21,24)(H,20,22,23)/t11-/m0/s1. The van der Waals surface area contributed by atoms with Gasteiger partial charge in [0.2, 0.25) is 11.9 Å². The predicted molar refractivity (Wildman–Crippen MR) is 91.1 cm³/mol. The highest BCUT2D eigenvalue weighted by Gasteiger charge is 2.51. The molecule has 8 heteroatoms.